The largest absolute Gasteiger partial charge is 0.493 e. The number of methoxy groups -OCH3 is 1. The Morgan fingerprint density at radius 1 is 1.03 bits per heavy atom. The Bertz CT molecular complexity index is 1020. The van der Waals surface area contributed by atoms with Gasteiger partial charge in [0, 0.05) is 15.7 Å². The highest BCUT2D eigenvalue weighted by Crippen LogP contribution is 2.33. The molecule has 0 aliphatic heterocycles. The van der Waals surface area contributed by atoms with E-state index in [9.17, 15) is 4.79 Å². The average molecular weight is 468 g/mol. The van der Waals surface area contributed by atoms with Gasteiger partial charge in [-0.25, -0.2) is 0 Å². The molecule has 0 bridgehead atoms. The van der Waals surface area contributed by atoms with E-state index in [1.807, 2.05) is 61.5 Å². The van der Waals surface area contributed by atoms with Crippen LogP contribution in [0, 0.1) is 6.92 Å². The summed E-state index contributed by atoms with van der Waals surface area (Å²) in [5, 5.41) is 7.04. The third-order valence-electron chi connectivity index (χ3n) is 4.15. The number of hydrazone groups is 1. The maximum atomic E-state index is 12.2. The van der Waals surface area contributed by atoms with Crippen molar-refractivity contribution in [2.45, 2.75) is 6.92 Å². The molecule has 30 heavy (non-hydrogen) atoms. The summed E-state index contributed by atoms with van der Waals surface area (Å²) in [5.41, 5.74) is 6.49. The van der Waals surface area contributed by atoms with Crippen molar-refractivity contribution in [2.24, 2.45) is 5.10 Å². The van der Waals surface area contributed by atoms with Crippen molar-refractivity contribution in [1.82, 2.24) is 0 Å². The minimum atomic E-state index is -0.255. The fraction of sp³-hybridized carbons (Fsp3) is 0.130. The van der Waals surface area contributed by atoms with Gasteiger partial charge in [-0.05, 0) is 59.3 Å². The molecule has 3 aromatic rings. The van der Waals surface area contributed by atoms with Gasteiger partial charge in [0.15, 0.2) is 18.1 Å². The molecule has 3 aromatic carbocycles. The van der Waals surface area contributed by atoms with Crippen molar-refractivity contribution < 1.29 is 14.3 Å². The molecule has 0 unspecified atom stereocenters. The van der Waals surface area contributed by atoms with Crippen LogP contribution in [0.5, 0.6) is 11.5 Å². The van der Waals surface area contributed by atoms with Gasteiger partial charge < -0.3 is 14.8 Å². The first-order chi connectivity index (χ1) is 14.5. The molecule has 154 valence electrons. The van der Waals surface area contributed by atoms with E-state index in [1.165, 1.54) is 0 Å². The second kappa shape index (κ2) is 10.5. The second-order valence-electron chi connectivity index (χ2n) is 6.46. The van der Waals surface area contributed by atoms with Crippen molar-refractivity contribution >= 4 is 39.4 Å². The molecule has 0 saturated carbocycles. The molecule has 0 saturated heterocycles. The Balaban J connectivity index is 1.63. The predicted octanol–water partition coefficient (Wildman–Crippen LogP) is 5.23. The van der Waals surface area contributed by atoms with Crippen LogP contribution in [0.1, 0.15) is 11.1 Å². The van der Waals surface area contributed by atoms with Gasteiger partial charge >= 0.3 is 0 Å². The maximum Gasteiger partial charge on any atom is 0.262 e. The maximum absolute atomic E-state index is 12.2. The van der Waals surface area contributed by atoms with E-state index in [0.717, 1.165) is 27.0 Å². The highest BCUT2D eigenvalue weighted by Gasteiger charge is 2.12. The monoisotopic (exact) mass is 467 g/mol. The smallest absolute Gasteiger partial charge is 0.262 e. The Labute approximate surface area is 184 Å². The SMILES string of the molecule is COc1cc(C=NNc2ccccc2)c(Br)cc1OCC(=O)Nc1ccc(C)cc1. The Morgan fingerprint density at radius 2 is 1.77 bits per heavy atom. The number of ether oxygens (including phenoxy) is 2. The molecule has 0 spiro atoms. The number of para-hydroxylation sites is 1. The zero-order valence-electron chi connectivity index (χ0n) is 16.7. The summed E-state index contributed by atoms with van der Waals surface area (Å²) in [6.07, 6.45) is 1.67. The first kappa shape index (κ1) is 21.4. The van der Waals surface area contributed by atoms with Crippen LogP contribution < -0.4 is 20.2 Å². The van der Waals surface area contributed by atoms with Gasteiger partial charge in [-0.3, -0.25) is 10.2 Å². The number of nitrogens with one attached hydrogen (secondary N) is 2. The van der Waals surface area contributed by atoms with Gasteiger partial charge in [0.1, 0.15) is 0 Å². The molecule has 0 fully saturated rings. The topological polar surface area (TPSA) is 71.9 Å². The summed E-state index contributed by atoms with van der Waals surface area (Å²) in [6, 6.07) is 20.7. The van der Waals surface area contributed by atoms with Crippen LogP contribution in [0.4, 0.5) is 11.4 Å². The fourth-order valence-corrected chi connectivity index (χ4v) is 3.01. The van der Waals surface area contributed by atoms with Crippen molar-refractivity contribution in [2.75, 3.05) is 24.5 Å². The Morgan fingerprint density at radius 3 is 2.47 bits per heavy atom. The van der Waals surface area contributed by atoms with Crippen LogP contribution in [0.2, 0.25) is 0 Å². The minimum absolute atomic E-state index is 0.139. The standard InChI is InChI=1S/C23H22BrN3O3/c1-16-8-10-18(11-9-16)26-23(28)15-30-22-13-20(24)17(12-21(22)29-2)14-25-27-19-6-4-3-5-7-19/h3-14,27H,15H2,1-2H3,(H,26,28). The van der Waals surface area contributed by atoms with Gasteiger partial charge in [0.05, 0.1) is 19.0 Å². The van der Waals surface area contributed by atoms with Crippen molar-refractivity contribution in [3.63, 3.8) is 0 Å². The van der Waals surface area contributed by atoms with Crippen LogP contribution in [0.3, 0.4) is 0 Å². The first-order valence-corrected chi connectivity index (χ1v) is 10.1. The third kappa shape index (κ3) is 6.09. The van der Waals surface area contributed by atoms with Gasteiger partial charge in [-0.15, -0.1) is 0 Å². The number of carbonyl (C=O) groups is 1. The van der Waals surface area contributed by atoms with Crippen LogP contribution in [0.25, 0.3) is 0 Å². The molecule has 0 heterocycles. The highest BCUT2D eigenvalue weighted by molar-refractivity contribution is 9.10. The number of carbonyl (C=O) groups excluding carboxylic acids is 1. The molecule has 0 radical (unpaired) electrons. The predicted molar refractivity (Wildman–Crippen MR) is 124 cm³/mol. The molecule has 7 heteroatoms. The average Bonchev–Trinajstić information content (AvgIpc) is 2.76. The number of aryl methyl sites for hydroxylation is 1. The van der Waals surface area contributed by atoms with Gasteiger partial charge in [-0.1, -0.05) is 35.9 Å². The number of anilines is 2. The first-order valence-electron chi connectivity index (χ1n) is 9.26. The van der Waals surface area contributed by atoms with E-state index in [4.69, 9.17) is 9.47 Å². The number of hydrogen-bond acceptors (Lipinski definition) is 5. The van der Waals surface area contributed by atoms with Crippen LogP contribution in [-0.4, -0.2) is 25.8 Å². The van der Waals surface area contributed by atoms with E-state index in [1.54, 1.807) is 25.5 Å². The summed E-state index contributed by atoms with van der Waals surface area (Å²) < 4.78 is 11.8. The molecule has 0 atom stereocenters. The minimum Gasteiger partial charge on any atom is -0.493 e. The van der Waals surface area contributed by atoms with Crippen LogP contribution in [0.15, 0.2) is 76.3 Å². The quantitative estimate of drug-likeness (QED) is 0.351. The fourth-order valence-electron chi connectivity index (χ4n) is 2.59. The number of rotatable bonds is 8. The summed E-state index contributed by atoms with van der Waals surface area (Å²) >= 11 is 3.51. The van der Waals surface area contributed by atoms with Crippen molar-refractivity contribution in [1.29, 1.82) is 0 Å². The Hall–Kier alpha value is -3.32. The number of benzene rings is 3. The molecular weight excluding hydrogens is 446 g/mol. The molecule has 0 aromatic heterocycles. The van der Waals surface area contributed by atoms with E-state index >= 15 is 0 Å². The lowest BCUT2D eigenvalue weighted by molar-refractivity contribution is -0.118. The molecule has 2 N–H and O–H groups in total. The van der Waals surface area contributed by atoms with E-state index in [2.05, 4.69) is 31.8 Å². The van der Waals surface area contributed by atoms with Gasteiger partial charge in [0.2, 0.25) is 0 Å². The number of hydrogen-bond donors (Lipinski definition) is 2. The van der Waals surface area contributed by atoms with Crippen molar-refractivity contribution in [3.8, 4) is 11.5 Å². The summed E-state index contributed by atoms with van der Waals surface area (Å²) in [5.74, 6) is 0.703. The van der Waals surface area contributed by atoms with E-state index in [0.29, 0.717) is 11.5 Å². The third-order valence-corrected chi connectivity index (χ3v) is 4.83. The molecule has 6 nitrogen and oxygen atoms in total. The lowest BCUT2D eigenvalue weighted by atomic mass is 10.2. The van der Waals surface area contributed by atoms with E-state index in [-0.39, 0.29) is 12.5 Å². The summed E-state index contributed by atoms with van der Waals surface area (Å²) in [6.45, 7) is 1.85. The number of halogens is 1. The highest BCUT2D eigenvalue weighted by atomic mass is 79.9. The summed E-state index contributed by atoms with van der Waals surface area (Å²) in [4.78, 5) is 12.2. The molecule has 0 aliphatic rings. The lowest BCUT2D eigenvalue weighted by Gasteiger charge is -2.13. The molecule has 0 aliphatic carbocycles. The summed E-state index contributed by atoms with van der Waals surface area (Å²) in [7, 11) is 1.55. The zero-order chi connectivity index (χ0) is 21.3. The molecular formula is C23H22BrN3O3. The lowest BCUT2D eigenvalue weighted by Crippen LogP contribution is -2.20. The second-order valence-corrected chi connectivity index (χ2v) is 7.32. The van der Waals surface area contributed by atoms with Crippen LogP contribution in [-0.2, 0) is 4.79 Å². The van der Waals surface area contributed by atoms with E-state index < -0.39 is 0 Å². The van der Waals surface area contributed by atoms with Crippen LogP contribution >= 0.6 is 15.9 Å². The Kier molecular flexibility index (Phi) is 7.45. The van der Waals surface area contributed by atoms with Crippen molar-refractivity contribution in [3.05, 3.63) is 82.3 Å². The number of nitrogens with zero attached hydrogens (tertiary/aromatic N) is 1. The normalized spacial score (nSPS) is 10.6. The van der Waals surface area contributed by atoms with Gasteiger partial charge in [-0.2, -0.15) is 5.10 Å². The zero-order valence-corrected chi connectivity index (χ0v) is 18.3. The van der Waals surface area contributed by atoms with Gasteiger partial charge in [0.25, 0.3) is 5.91 Å². The molecule has 1 amide bonds. The molecule has 3 rings (SSSR count). The number of amides is 1.